The van der Waals surface area contributed by atoms with Gasteiger partial charge in [0.2, 0.25) is 5.91 Å². The first-order valence-corrected chi connectivity index (χ1v) is 7.15. The molecule has 0 aliphatic carbocycles. The molecule has 0 saturated carbocycles. The lowest BCUT2D eigenvalue weighted by Gasteiger charge is -2.20. The number of amides is 1. The lowest BCUT2D eigenvalue weighted by molar-refractivity contribution is -0.122. The molecular formula is C15H20N4O3. The van der Waals surface area contributed by atoms with E-state index in [4.69, 9.17) is 0 Å². The Balaban J connectivity index is 1.76. The van der Waals surface area contributed by atoms with Crippen LogP contribution in [-0.2, 0) is 11.3 Å². The van der Waals surface area contributed by atoms with Gasteiger partial charge in [-0.05, 0) is 31.0 Å². The quantitative estimate of drug-likeness (QED) is 0.708. The van der Waals surface area contributed by atoms with E-state index in [2.05, 4.69) is 15.4 Å². The van der Waals surface area contributed by atoms with Gasteiger partial charge in [-0.2, -0.15) is 5.10 Å². The summed E-state index contributed by atoms with van der Waals surface area (Å²) in [6.45, 7) is 2.37. The Kier molecular flexibility index (Phi) is 5.48. The number of aryl methyl sites for hydroxylation is 1. The molecule has 2 atom stereocenters. The van der Waals surface area contributed by atoms with Crippen LogP contribution in [0.25, 0.3) is 0 Å². The van der Waals surface area contributed by atoms with Gasteiger partial charge < -0.3 is 15.5 Å². The summed E-state index contributed by atoms with van der Waals surface area (Å²) in [5.74, 6) is 0.0196. The normalized spacial score (nSPS) is 13.5. The Bertz CT molecular complexity index is 583. The lowest BCUT2D eigenvalue weighted by Crippen LogP contribution is -2.37. The monoisotopic (exact) mass is 304 g/mol. The molecule has 1 aromatic carbocycles. The highest BCUT2D eigenvalue weighted by molar-refractivity contribution is 5.76. The molecule has 1 aromatic heterocycles. The summed E-state index contributed by atoms with van der Waals surface area (Å²) in [6.07, 6.45) is 3.24. The van der Waals surface area contributed by atoms with Crippen molar-refractivity contribution in [3.8, 4) is 5.75 Å². The fraction of sp³-hybridized carbons (Fsp3) is 0.400. The van der Waals surface area contributed by atoms with Crippen LogP contribution >= 0.6 is 0 Å². The smallest absolute Gasteiger partial charge is 0.220 e. The molecule has 118 valence electrons. The number of carbonyl (C=O) groups is 1. The second-order valence-electron chi connectivity index (χ2n) is 5.15. The van der Waals surface area contributed by atoms with Crippen molar-refractivity contribution >= 4 is 5.91 Å². The fourth-order valence-electron chi connectivity index (χ4n) is 2.12. The highest BCUT2D eigenvalue weighted by atomic mass is 16.3. The second-order valence-corrected chi connectivity index (χ2v) is 5.15. The minimum absolute atomic E-state index is 0.120. The van der Waals surface area contributed by atoms with E-state index < -0.39 is 12.1 Å². The molecule has 3 N–H and O–H groups in total. The number of nitrogens with one attached hydrogen (secondary N) is 1. The molecule has 0 bridgehead atoms. The van der Waals surface area contributed by atoms with Gasteiger partial charge in [0.1, 0.15) is 18.4 Å². The van der Waals surface area contributed by atoms with Crippen molar-refractivity contribution < 1.29 is 15.0 Å². The third-order valence-electron chi connectivity index (χ3n) is 3.35. The largest absolute Gasteiger partial charge is 0.508 e. The van der Waals surface area contributed by atoms with Crippen LogP contribution < -0.4 is 5.32 Å². The van der Waals surface area contributed by atoms with E-state index in [-0.39, 0.29) is 11.7 Å². The van der Waals surface area contributed by atoms with E-state index in [1.54, 1.807) is 30.1 Å². The first kappa shape index (κ1) is 16.0. The molecule has 7 nitrogen and oxygen atoms in total. The molecule has 0 radical (unpaired) electrons. The van der Waals surface area contributed by atoms with E-state index in [0.717, 1.165) is 0 Å². The molecule has 0 spiro atoms. The van der Waals surface area contributed by atoms with Crippen molar-refractivity contribution in [2.45, 2.75) is 38.5 Å². The average molecular weight is 304 g/mol. The van der Waals surface area contributed by atoms with Crippen LogP contribution in [0.4, 0.5) is 0 Å². The molecule has 0 aliphatic heterocycles. The van der Waals surface area contributed by atoms with Crippen molar-refractivity contribution in [1.29, 1.82) is 0 Å². The molecule has 7 heteroatoms. The fourth-order valence-corrected chi connectivity index (χ4v) is 2.12. The summed E-state index contributed by atoms with van der Waals surface area (Å²) in [7, 11) is 0. The van der Waals surface area contributed by atoms with Crippen LogP contribution in [0, 0.1) is 0 Å². The summed E-state index contributed by atoms with van der Waals surface area (Å²) in [4.78, 5) is 15.7. The Morgan fingerprint density at radius 2 is 2.09 bits per heavy atom. The Hall–Kier alpha value is -2.41. The highest BCUT2D eigenvalue weighted by Gasteiger charge is 2.18. The average Bonchev–Trinajstić information content (AvgIpc) is 3.00. The minimum Gasteiger partial charge on any atom is -0.508 e. The molecule has 0 saturated heterocycles. The van der Waals surface area contributed by atoms with Gasteiger partial charge in [0, 0.05) is 13.0 Å². The highest BCUT2D eigenvalue weighted by Crippen LogP contribution is 2.19. The maximum Gasteiger partial charge on any atom is 0.220 e. The zero-order chi connectivity index (χ0) is 15.9. The molecule has 2 rings (SSSR count). The zero-order valence-corrected chi connectivity index (χ0v) is 12.4. The summed E-state index contributed by atoms with van der Waals surface area (Å²) in [5.41, 5.74) is 0.646. The zero-order valence-electron chi connectivity index (χ0n) is 12.4. The molecule has 0 fully saturated rings. The first-order chi connectivity index (χ1) is 10.6. The topological polar surface area (TPSA) is 100 Å². The number of benzene rings is 1. The Morgan fingerprint density at radius 1 is 1.36 bits per heavy atom. The van der Waals surface area contributed by atoms with Crippen LogP contribution in [0.1, 0.15) is 31.4 Å². The van der Waals surface area contributed by atoms with E-state index in [1.807, 2.05) is 0 Å². The van der Waals surface area contributed by atoms with E-state index in [9.17, 15) is 15.0 Å². The van der Waals surface area contributed by atoms with Crippen LogP contribution in [0.5, 0.6) is 5.75 Å². The number of aliphatic hydroxyl groups excluding tert-OH is 1. The lowest BCUT2D eigenvalue weighted by atomic mass is 10.0. The summed E-state index contributed by atoms with van der Waals surface area (Å²) in [5, 5.41) is 26.2. The van der Waals surface area contributed by atoms with E-state index in [0.29, 0.717) is 24.9 Å². The Morgan fingerprint density at radius 3 is 2.73 bits per heavy atom. The number of rotatable bonds is 7. The predicted molar refractivity (Wildman–Crippen MR) is 79.9 cm³/mol. The number of nitrogens with zero attached hydrogens (tertiary/aromatic N) is 3. The van der Waals surface area contributed by atoms with Gasteiger partial charge in [0.25, 0.3) is 0 Å². The maximum absolute atomic E-state index is 11.9. The second kappa shape index (κ2) is 7.56. The van der Waals surface area contributed by atoms with Crippen LogP contribution in [-0.4, -0.2) is 36.9 Å². The van der Waals surface area contributed by atoms with Gasteiger partial charge in [-0.1, -0.05) is 12.1 Å². The third-order valence-corrected chi connectivity index (χ3v) is 3.35. The van der Waals surface area contributed by atoms with Crippen molar-refractivity contribution in [3.05, 3.63) is 42.5 Å². The molecule has 2 aromatic rings. The van der Waals surface area contributed by atoms with Crippen LogP contribution in [0.15, 0.2) is 36.9 Å². The molecule has 1 amide bonds. The van der Waals surface area contributed by atoms with Gasteiger partial charge in [0.15, 0.2) is 0 Å². The van der Waals surface area contributed by atoms with Crippen molar-refractivity contribution in [2.75, 3.05) is 0 Å². The first-order valence-electron chi connectivity index (χ1n) is 7.15. The molecular weight excluding hydrogens is 284 g/mol. The van der Waals surface area contributed by atoms with Gasteiger partial charge in [-0.15, -0.1) is 0 Å². The summed E-state index contributed by atoms with van der Waals surface area (Å²) in [6, 6.07) is 5.86. The molecule has 1 heterocycles. The predicted octanol–water partition coefficient (Wildman–Crippen LogP) is 1.00. The summed E-state index contributed by atoms with van der Waals surface area (Å²) < 4.78 is 1.67. The Labute approximate surface area is 128 Å². The van der Waals surface area contributed by atoms with Gasteiger partial charge in [-0.25, -0.2) is 4.98 Å². The van der Waals surface area contributed by atoms with Crippen molar-refractivity contribution in [3.63, 3.8) is 0 Å². The number of aliphatic hydroxyl groups is 1. The van der Waals surface area contributed by atoms with Gasteiger partial charge in [-0.3, -0.25) is 9.48 Å². The van der Waals surface area contributed by atoms with Crippen molar-refractivity contribution in [2.24, 2.45) is 0 Å². The number of carbonyl (C=O) groups excluding carboxylic acids is 1. The van der Waals surface area contributed by atoms with Crippen molar-refractivity contribution in [1.82, 2.24) is 20.1 Å². The van der Waals surface area contributed by atoms with E-state index in [1.165, 1.54) is 18.5 Å². The minimum atomic E-state index is -0.820. The number of hydrogen-bond acceptors (Lipinski definition) is 5. The number of phenols is 1. The molecule has 0 aliphatic rings. The molecule has 0 unspecified atom stereocenters. The third kappa shape index (κ3) is 4.56. The summed E-state index contributed by atoms with van der Waals surface area (Å²) >= 11 is 0. The molecule has 22 heavy (non-hydrogen) atoms. The standard InChI is InChI=1S/C15H20N4O3/c1-11(15(22)12-4-6-13(20)7-5-12)18-14(21)3-2-8-19-10-16-9-17-19/h4-7,9-11,15,20,22H,2-3,8H2,1H3,(H,18,21)/t11-,15-/m1/s1. The number of hydrogen-bond donors (Lipinski definition) is 3. The number of aromatic nitrogens is 3. The van der Waals surface area contributed by atoms with Crippen LogP contribution in [0.2, 0.25) is 0 Å². The van der Waals surface area contributed by atoms with E-state index >= 15 is 0 Å². The SMILES string of the molecule is C[C@@H](NC(=O)CCCn1cncn1)[C@@H](O)c1ccc(O)cc1. The van der Waals surface area contributed by atoms with Gasteiger partial charge in [0.05, 0.1) is 12.1 Å². The maximum atomic E-state index is 11.9. The van der Waals surface area contributed by atoms with Gasteiger partial charge >= 0.3 is 0 Å². The number of aromatic hydroxyl groups is 1. The van der Waals surface area contributed by atoms with Crippen LogP contribution in [0.3, 0.4) is 0 Å². The number of phenolic OH excluding ortho intramolecular Hbond substituents is 1.